The van der Waals surface area contributed by atoms with Crippen LogP contribution in [0.25, 0.3) is 0 Å². The van der Waals surface area contributed by atoms with Crippen LogP contribution in [0.2, 0.25) is 0 Å². The minimum Gasteiger partial charge on any atom is -0.383 e. The van der Waals surface area contributed by atoms with E-state index in [9.17, 15) is 4.79 Å². The third-order valence-corrected chi connectivity index (χ3v) is 3.83. The van der Waals surface area contributed by atoms with Crippen molar-refractivity contribution in [2.75, 3.05) is 13.7 Å². The summed E-state index contributed by atoms with van der Waals surface area (Å²) in [6.45, 7) is 9.16. The molecule has 1 saturated heterocycles. The molecule has 4 nitrogen and oxygen atoms in total. The van der Waals surface area contributed by atoms with Gasteiger partial charge in [-0.3, -0.25) is 10.1 Å². The average molecular weight is 270 g/mol. The molecule has 1 aliphatic rings. The second-order valence-corrected chi connectivity index (χ2v) is 5.84. The number of hydrogen-bond donors (Lipinski definition) is 1. The highest BCUT2D eigenvalue weighted by atomic mass is 16.5. The molecule has 0 aromatic carbocycles. The molecule has 0 aromatic rings. The fourth-order valence-corrected chi connectivity index (χ4v) is 2.91. The number of methoxy groups -OCH3 is 1. The predicted octanol–water partition coefficient (Wildman–Crippen LogP) is 2.38. The summed E-state index contributed by atoms with van der Waals surface area (Å²) in [5.74, 6) is 0.589. The monoisotopic (exact) mass is 270 g/mol. The first-order valence-corrected chi connectivity index (χ1v) is 7.63. The van der Waals surface area contributed by atoms with Crippen molar-refractivity contribution in [2.45, 2.75) is 71.6 Å². The molecular weight excluding hydrogens is 240 g/mol. The molecular formula is C15H30N2O2. The summed E-state index contributed by atoms with van der Waals surface area (Å²) in [5.41, 5.74) is 0. The van der Waals surface area contributed by atoms with Crippen LogP contribution in [0, 0.1) is 5.92 Å². The molecule has 3 unspecified atom stereocenters. The second-order valence-electron chi connectivity index (χ2n) is 5.84. The molecule has 1 N–H and O–H groups in total. The lowest BCUT2D eigenvalue weighted by Gasteiger charge is -2.32. The lowest BCUT2D eigenvalue weighted by Crippen LogP contribution is -2.46. The molecule has 0 radical (unpaired) electrons. The lowest BCUT2D eigenvalue weighted by atomic mass is 10.0. The zero-order chi connectivity index (χ0) is 14.4. The molecule has 0 aliphatic carbocycles. The molecule has 112 valence electrons. The molecule has 0 aromatic heterocycles. The van der Waals surface area contributed by atoms with Crippen molar-refractivity contribution in [1.82, 2.24) is 10.2 Å². The first kappa shape index (κ1) is 16.4. The van der Waals surface area contributed by atoms with Crippen molar-refractivity contribution < 1.29 is 9.53 Å². The van der Waals surface area contributed by atoms with Gasteiger partial charge in [-0.15, -0.1) is 0 Å². The normalized spacial score (nSPS) is 25.4. The Labute approximate surface area is 117 Å². The third-order valence-electron chi connectivity index (χ3n) is 3.83. The topological polar surface area (TPSA) is 41.6 Å². The highest BCUT2D eigenvalue weighted by molar-refractivity contribution is 5.85. The smallest absolute Gasteiger partial charge is 0.241 e. The van der Waals surface area contributed by atoms with E-state index in [0.717, 1.165) is 25.7 Å². The molecule has 1 rings (SSSR count). The largest absolute Gasteiger partial charge is 0.383 e. The molecule has 1 aliphatic heterocycles. The van der Waals surface area contributed by atoms with Gasteiger partial charge in [0, 0.05) is 7.11 Å². The first-order chi connectivity index (χ1) is 9.06. The zero-order valence-electron chi connectivity index (χ0n) is 13.1. The molecule has 1 heterocycles. The van der Waals surface area contributed by atoms with Gasteiger partial charge in [-0.25, -0.2) is 0 Å². The first-order valence-electron chi connectivity index (χ1n) is 7.63. The average Bonchev–Trinajstić information content (AvgIpc) is 2.67. The van der Waals surface area contributed by atoms with Crippen molar-refractivity contribution in [3.8, 4) is 0 Å². The number of nitrogens with one attached hydrogen (secondary N) is 1. The van der Waals surface area contributed by atoms with E-state index >= 15 is 0 Å². The van der Waals surface area contributed by atoms with E-state index in [0.29, 0.717) is 12.5 Å². The van der Waals surface area contributed by atoms with Crippen molar-refractivity contribution in [1.29, 1.82) is 0 Å². The van der Waals surface area contributed by atoms with Crippen LogP contribution in [0.15, 0.2) is 0 Å². The minimum atomic E-state index is -0.0345. The highest BCUT2D eigenvalue weighted by Gasteiger charge is 2.42. The van der Waals surface area contributed by atoms with Gasteiger partial charge in [-0.05, 0) is 18.8 Å². The zero-order valence-corrected chi connectivity index (χ0v) is 13.1. The van der Waals surface area contributed by atoms with E-state index < -0.39 is 0 Å². The van der Waals surface area contributed by atoms with E-state index in [1.54, 1.807) is 7.11 Å². The summed E-state index contributed by atoms with van der Waals surface area (Å²) < 4.78 is 5.32. The van der Waals surface area contributed by atoms with Crippen LogP contribution in [0.4, 0.5) is 0 Å². The van der Waals surface area contributed by atoms with Crippen molar-refractivity contribution >= 4 is 5.91 Å². The molecule has 1 fully saturated rings. The lowest BCUT2D eigenvalue weighted by molar-refractivity contribution is -0.134. The quantitative estimate of drug-likeness (QED) is 0.736. The maximum Gasteiger partial charge on any atom is 0.241 e. The molecule has 0 bridgehead atoms. The second kappa shape index (κ2) is 7.85. The molecule has 1 amide bonds. The number of ether oxygens (including phenoxy) is 1. The summed E-state index contributed by atoms with van der Waals surface area (Å²) in [5, 5.41) is 3.51. The van der Waals surface area contributed by atoms with Crippen LogP contribution >= 0.6 is 0 Å². The number of nitrogens with zero attached hydrogens (tertiary/aromatic N) is 1. The van der Waals surface area contributed by atoms with Crippen LogP contribution in [0.5, 0.6) is 0 Å². The standard InChI is InChI=1S/C15H30N2O2/c1-6-8-12(10-19-5)17-13(9-7-2)16-14(11(3)4)15(17)18/h11-14,16H,6-10H2,1-5H3. The van der Waals surface area contributed by atoms with Gasteiger partial charge in [0.25, 0.3) is 0 Å². The van der Waals surface area contributed by atoms with Gasteiger partial charge >= 0.3 is 0 Å². The van der Waals surface area contributed by atoms with Crippen molar-refractivity contribution in [3.63, 3.8) is 0 Å². The summed E-state index contributed by atoms with van der Waals surface area (Å²) in [4.78, 5) is 14.7. The number of carbonyl (C=O) groups excluding carboxylic acids is 1. The van der Waals surface area contributed by atoms with Gasteiger partial charge < -0.3 is 9.64 Å². The number of rotatable bonds is 8. The van der Waals surface area contributed by atoms with E-state index in [-0.39, 0.29) is 24.2 Å². The molecule has 19 heavy (non-hydrogen) atoms. The predicted molar refractivity (Wildman–Crippen MR) is 77.9 cm³/mol. The van der Waals surface area contributed by atoms with Crippen molar-refractivity contribution in [2.24, 2.45) is 5.92 Å². The molecule has 0 spiro atoms. The van der Waals surface area contributed by atoms with E-state index in [1.165, 1.54) is 0 Å². The van der Waals surface area contributed by atoms with E-state index in [4.69, 9.17) is 4.74 Å². The van der Waals surface area contributed by atoms with Gasteiger partial charge in [-0.2, -0.15) is 0 Å². The minimum absolute atomic E-state index is 0.0345. The summed E-state index contributed by atoms with van der Waals surface area (Å²) in [6, 6.07) is 0.170. The molecule has 3 atom stereocenters. The summed E-state index contributed by atoms with van der Waals surface area (Å²) in [6.07, 6.45) is 4.35. The Morgan fingerprint density at radius 1 is 1.32 bits per heavy atom. The van der Waals surface area contributed by atoms with Gasteiger partial charge in [0.15, 0.2) is 0 Å². The maximum absolute atomic E-state index is 12.6. The molecule has 0 saturated carbocycles. The number of hydrogen-bond acceptors (Lipinski definition) is 3. The van der Waals surface area contributed by atoms with E-state index in [2.05, 4.69) is 37.9 Å². The van der Waals surface area contributed by atoms with Gasteiger partial charge in [0.2, 0.25) is 5.91 Å². The fraction of sp³-hybridized carbons (Fsp3) is 0.933. The van der Waals surface area contributed by atoms with E-state index in [1.807, 2.05) is 0 Å². The van der Waals surface area contributed by atoms with Gasteiger partial charge in [-0.1, -0.05) is 40.5 Å². The summed E-state index contributed by atoms with van der Waals surface area (Å²) in [7, 11) is 1.71. The highest BCUT2D eigenvalue weighted by Crippen LogP contribution is 2.24. The molecule has 4 heteroatoms. The van der Waals surface area contributed by atoms with Gasteiger partial charge in [0.05, 0.1) is 24.9 Å². The maximum atomic E-state index is 12.6. The van der Waals surface area contributed by atoms with Crippen LogP contribution in [0.1, 0.15) is 53.4 Å². The Hall–Kier alpha value is -0.610. The Bertz CT molecular complexity index is 275. The Kier molecular flexibility index (Phi) is 6.80. The third kappa shape index (κ3) is 3.93. The number of carbonyl (C=O) groups is 1. The Balaban J connectivity index is 2.87. The van der Waals surface area contributed by atoms with Crippen LogP contribution in [-0.2, 0) is 9.53 Å². The number of amides is 1. The Morgan fingerprint density at radius 2 is 2.00 bits per heavy atom. The summed E-state index contributed by atoms with van der Waals surface area (Å²) >= 11 is 0. The van der Waals surface area contributed by atoms with Gasteiger partial charge in [0.1, 0.15) is 0 Å². The van der Waals surface area contributed by atoms with Crippen LogP contribution in [-0.4, -0.2) is 42.8 Å². The fourth-order valence-electron chi connectivity index (χ4n) is 2.91. The van der Waals surface area contributed by atoms with Crippen molar-refractivity contribution in [3.05, 3.63) is 0 Å². The Morgan fingerprint density at radius 3 is 2.47 bits per heavy atom. The van der Waals surface area contributed by atoms with Crippen LogP contribution < -0.4 is 5.32 Å². The SMILES string of the molecule is CCCC(COC)N1C(=O)C(C(C)C)NC1CCC. The van der Waals surface area contributed by atoms with Crippen LogP contribution in [0.3, 0.4) is 0 Å².